The van der Waals surface area contributed by atoms with Crippen LogP contribution in [0.5, 0.6) is 5.88 Å². The monoisotopic (exact) mass is 292 g/mol. The molecule has 4 heteroatoms. The predicted molar refractivity (Wildman–Crippen MR) is 71.9 cm³/mol. The Morgan fingerprint density at radius 3 is 2.82 bits per heavy atom. The van der Waals surface area contributed by atoms with Gasteiger partial charge in [0.15, 0.2) is 0 Å². The van der Waals surface area contributed by atoms with Crippen LogP contribution < -0.4 is 10.5 Å². The molecular weight excluding hydrogens is 280 g/mol. The number of hydrogen-bond donors (Lipinski definition) is 1. The lowest BCUT2D eigenvalue weighted by atomic mass is 10.2. The maximum absolute atomic E-state index is 5.66. The van der Waals surface area contributed by atoms with Crippen LogP contribution in [0.4, 0.5) is 5.69 Å². The molecule has 0 aliphatic carbocycles. The van der Waals surface area contributed by atoms with Gasteiger partial charge in [-0.25, -0.2) is 4.98 Å². The second kappa shape index (κ2) is 5.19. The van der Waals surface area contributed by atoms with Crippen molar-refractivity contribution in [3.63, 3.8) is 0 Å². The summed E-state index contributed by atoms with van der Waals surface area (Å²) in [5, 5.41) is 0. The normalized spacial score (nSPS) is 10.2. The molecule has 1 aromatic carbocycles. The topological polar surface area (TPSA) is 48.1 Å². The number of nitrogen functional groups attached to an aromatic ring is 1. The molecule has 0 saturated carbocycles. The van der Waals surface area contributed by atoms with Gasteiger partial charge in [-0.1, -0.05) is 34.1 Å². The summed E-state index contributed by atoms with van der Waals surface area (Å²) in [6, 6.07) is 9.80. The SMILES string of the molecule is Cc1cc(N)cnc1OCc1ccccc1Br. The quantitative estimate of drug-likeness (QED) is 0.944. The van der Waals surface area contributed by atoms with Gasteiger partial charge in [-0.2, -0.15) is 0 Å². The lowest BCUT2D eigenvalue weighted by molar-refractivity contribution is 0.291. The van der Waals surface area contributed by atoms with Crippen LogP contribution in [0.1, 0.15) is 11.1 Å². The number of anilines is 1. The Balaban J connectivity index is 2.10. The van der Waals surface area contributed by atoms with E-state index in [9.17, 15) is 0 Å². The molecule has 88 valence electrons. The van der Waals surface area contributed by atoms with Crippen LogP contribution in [0.3, 0.4) is 0 Å². The van der Waals surface area contributed by atoms with E-state index < -0.39 is 0 Å². The van der Waals surface area contributed by atoms with Gasteiger partial charge in [-0.3, -0.25) is 0 Å². The Morgan fingerprint density at radius 1 is 1.35 bits per heavy atom. The summed E-state index contributed by atoms with van der Waals surface area (Å²) in [5.74, 6) is 0.620. The first-order chi connectivity index (χ1) is 8.16. The van der Waals surface area contributed by atoms with Crippen molar-refractivity contribution in [2.24, 2.45) is 0 Å². The highest BCUT2D eigenvalue weighted by atomic mass is 79.9. The molecule has 0 saturated heterocycles. The summed E-state index contributed by atoms with van der Waals surface area (Å²) in [4.78, 5) is 4.16. The van der Waals surface area contributed by atoms with Gasteiger partial charge in [-0.05, 0) is 19.1 Å². The van der Waals surface area contributed by atoms with Gasteiger partial charge in [0.25, 0.3) is 0 Å². The smallest absolute Gasteiger partial charge is 0.216 e. The largest absolute Gasteiger partial charge is 0.473 e. The number of hydrogen-bond acceptors (Lipinski definition) is 3. The van der Waals surface area contributed by atoms with Crippen LogP contribution >= 0.6 is 15.9 Å². The van der Waals surface area contributed by atoms with E-state index in [-0.39, 0.29) is 0 Å². The Labute approximate surface area is 109 Å². The molecule has 0 atom stereocenters. The summed E-state index contributed by atoms with van der Waals surface area (Å²) in [6.07, 6.45) is 1.60. The molecular formula is C13H13BrN2O. The third kappa shape index (κ3) is 2.97. The van der Waals surface area contributed by atoms with Crippen LogP contribution in [0.25, 0.3) is 0 Å². The summed E-state index contributed by atoms with van der Waals surface area (Å²) in [6.45, 7) is 2.41. The van der Waals surface area contributed by atoms with Gasteiger partial charge < -0.3 is 10.5 Å². The molecule has 0 spiro atoms. The molecule has 0 bridgehead atoms. The lowest BCUT2D eigenvalue weighted by Gasteiger charge is -2.09. The second-order valence-electron chi connectivity index (χ2n) is 3.77. The number of pyridine rings is 1. The van der Waals surface area contributed by atoms with Crippen molar-refractivity contribution in [1.29, 1.82) is 0 Å². The Kier molecular flexibility index (Phi) is 3.64. The molecule has 0 amide bonds. The molecule has 2 N–H and O–H groups in total. The highest BCUT2D eigenvalue weighted by Gasteiger charge is 2.04. The molecule has 3 nitrogen and oxygen atoms in total. The van der Waals surface area contributed by atoms with Gasteiger partial charge >= 0.3 is 0 Å². The van der Waals surface area contributed by atoms with Gasteiger partial charge in [0, 0.05) is 15.6 Å². The molecule has 17 heavy (non-hydrogen) atoms. The van der Waals surface area contributed by atoms with Gasteiger partial charge in [0.1, 0.15) is 6.61 Å². The van der Waals surface area contributed by atoms with E-state index in [2.05, 4.69) is 20.9 Å². The van der Waals surface area contributed by atoms with Crippen LogP contribution in [0, 0.1) is 6.92 Å². The molecule has 0 fully saturated rings. The zero-order valence-electron chi connectivity index (χ0n) is 9.48. The van der Waals surface area contributed by atoms with Crippen LogP contribution in [-0.2, 0) is 6.61 Å². The van der Waals surface area contributed by atoms with Gasteiger partial charge in [0.05, 0.1) is 11.9 Å². The zero-order chi connectivity index (χ0) is 12.3. The highest BCUT2D eigenvalue weighted by molar-refractivity contribution is 9.10. The van der Waals surface area contributed by atoms with E-state index in [0.717, 1.165) is 15.6 Å². The molecule has 1 aromatic heterocycles. The molecule has 0 aliphatic heterocycles. The fourth-order valence-electron chi connectivity index (χ4n) is 1.50. The number of benzene rings is 1. The molecule has 2 aromatic rings. The van der Waals surface area contributed by atoms with E-state index >= 15 is 0 Å². The fraction of sp³-hybridized carbons (Fsp3) is 0.154. The minimum absolute atomic E-state index is 0.485. The molecule has 0 aliphatic rings. The summed E-state index contributed by atoms with van der Waals surface area (Å²) < 4.78 is 6.70. The van der Waals surface area contributed by atoms with Crippen molar-refractivity contribution in [3.8, 4) is 5.88 Å². The second-order valence-corrected chi connectivity index (χ2v) is 4.63. The summed E-state index contributed by atoms with van der Waals surface area (Å²) in [5.41, 5.74) is 8.31. The van der Waals surface area contributed by atoms with Crippen molar-refractivity contribution in [2.45, 2.75) is 13.5 Å². The number of rotatable bonds is 3. The predicted octanol–water partition coefficient (Wildman–Crippen LogP) is 3.31. The molecule has 2 rings (SSSR count). The van der Waals surface area contributed by atoms with Gasteiger partial charge in [0.2, 0.25) is 5.88 Å². The lowest BCUT2D eigenvalue weighted by Crippen LogP contribution is -2.00. The Hall–Kier alpha value is -1.55. The maximum atomic E-state index is 5.66. The van der Waals surface area contributed by atoms with E-state index in [1.807, 2.05) is 37.3 Å². The van der Waals surface area contributed by atoms with Crippen molar-refractivity contribution in [1.82, 2.24) is 4.98 Å². The third-order valence-electron chi connectivity index (χ3n) is 2.37. The van der Waals surface area contributed by atoms with Crippen molar-refractivity contribution in [3.05, 3.63) is 52.1 Å². The number of nitrogens with zero attached hydrogens (tertiary/aromatic N) is 1. The van der Waals surface area contributed by atoms with Crippen LogP contribution in [0.2, 0.25) is 0 Å². The van der Waals surface area contributed by atoms with Crippen molar-refractivity contribution < 1.29 is 4.74 Å². The van der Waals surface area contributed by atoms with Gasteiger partial charge in [-0.15, -0.1) is 0 Å². The first-order valence-electron chi connectivity index (χ1n) is 5.25. The number of aryl methyl sites for hydroxylation is 1. The Morgan fingerprint density at radius 2 is 2.12 bits per heavy atom. The average Bonchev–Trinajstić information content (AvgIpc) is 2.30. The maximum Gasteiger partial charge on any atom is 0.216 e. The fourth-order valence-corrected chi connectivity index (χ4v) is 1.90. The van der Waals surface area contributed by atoms with E-state index in [1.54, 1.807) is 6.20 Å². The van der Waals surface area contributed by atoms with E-state index in [0.29, 0.717) is 18.2 Å². The van der Waals surface area contributed by atoms with E-state index in [1.165, 1.54) is 0 Å². The highest BCUT2D eigenvalue weighted by Crippen LogP contribution is 2.20. The van der Waals surface area contributed by atoms with Crippen molar-refractivity contribution in [2.75, 3.05) is 5.73 Å². The minimum atomic E-state index is 0.485. The zero-order valence-corrected chi connectivity index (χ0v) is 11.1. The first kappa shape index (κ1) is 11.9. The molecule has 0 radical (unpaired) electrons. The Bertz CT molecular complexity index is 529. The number of ether oxygens (including phenoxy) is 1. The van der Waals surface area contributed by atoms with E-state index in [4.69, 9.17) is 10.5 Å². The first-order valence-corrected chi connectivity index (χ1v) is 6.04. The minimum Gasteiger partial charge on any atom is -0.473 e. The number of aromatic nitrogens is 1. The molecule has 0 unspecified atom stereocenters. The third-order valence-corrected chi connectivity index (χ3v) is 3.15. The number of halogens is 1. The van der Waals surface area contributed by atoms with Crippen molar-refractivity contribution >= 4 is 21.6 Å². The van der Waals surface area contributed by atoms with Crippen LogP contribution in [0.15, 0.2) is 41.0 Å². The average molecular weight is 293 g/mol. The molecule has 1 heterocycles. The summed E-state index contributed by atoms with van der Waals surface area (Å²) in [7, 11) is 0. The number of nitrogens with two attached hydrogens (primary N) is 1. The standard InChI is InChI=1S/C13H13BrN2O/c1-9-6-11(15)7-16-13(9)17-8-10-4-2-3-5-12(10)14/h2-7H,8,15H2,1H3. The summed E-state index contributed by atoms with van der Waals surface area (Å²) >= 11 is 3.48. The van der Waals surface area contributed by atoms with Crippen LogP contribution in [-0.4, -0.2) is 4.98 Å².